The van der Waals surface area contributed by atoms with Gasteiger partial charge in [0.2, 0.25) is 5.91 Å². The van der Waals surface area contributed by atoms with Crippen molar-refractivity contribution in [2.75, 3.05) is 0 Å². The second-order valence-electron chi connectivity index (χ2n) is 4.66. The summed E-state index contributed by atoms with van der Waals surface area (Å²) in [6.45, 7) is 2.10. The zero-order chi connectivity index (χ0) is 11.1. The number of amides is 1. The Bertz CT molecular complexity index is 188. The zero-order valence-corrected chi connectivity index (χ0v) is 9.80. The van der Waals surface area contributed by atoms with Gasteiger partial charge >= 0.3 is 0 Å². The van der Waals surface area contributed by atoms with Gasteiger partial charge in [0.1, 0.15) is 0 Å². The molecule has 1 fully saturated rings. The van der Waals surface area contributed by atoms with E-state index in [0.29, 0.717) is 12.5 Å². The van der Waals surface area contributed by atoms with Crippen molar-refractivity contribution in [1.82, 2.24) is 5.32 Å². The molecule has 1 aliphatic rings. The van der Waals surface area contributed by atoms with E-state index in [1.807, 2.05) is 0 Å². The highest BCUT2D eigenvalue weighted by atomic mass is 16.1. The van der Waals surface area contributed by atoms with Crippen molar-refractivity contribution in [3.8, 4) is 0 Å². The summed E-state index contributed by atoms with van der Waals surface area (Å²) in [5, 5.41) is 3.09. The Kier molecular flexibility index (Phi) is 5.69. The third-order valence-corrected chi connectivity index (χ3v) is 3.08. The lowest BCUT2D eigenvalue weighted by Gasteiger charge is -2.23. The minimum atomic E-state index is 0.0404. The first-order valence-corrected chi connectivity index (χ1v) is 6.27. The largest absolute Gasteiger partial charge is 0.353 e. The summed E-state index contributed by atoms with van der Waals surface area (Å²) in [5.74, 6) is 0.142. The molecule has 0 heterocycles. The molecule has 0 aliphatic heterocycles. The fourth-order valence-corrected chi connectivity index (χ4v) is 2.24. The van der Waals surface area contributed by atoms with Gasteiger partial charge < -0.3 is 11.1 Å². The van der Waals surface area contributed by atoms with E-state index in [1.165, 1.54) is 19.3 Å². The van der Waals surface area contributed by atoms with Crippen LogP contribution in [0.25, 0.3) is 0 Å². The van der Waals surface area contributed by atoms with Crippen molar-refractivity contribution < 1.29 is 4.79 Å². The van der Waals surface area contributed by atoms with E-state index < -0.39 is 0 Å². The Hall–Kier alpha value is -0.570. The molecule has 0 radical (unpaired) electrons. The second-order valence-corrected chi connectivity index (χ2v) is 4.66. The maximum absolute atomic E-state index is 11.6. The van der Waals surface area contributed by atoms with Crippen LogP contribution in [-0.4, -0.2) is 18.0 Å². The van der Waals surface area contributed by atoms with Crippen LogP contribution in [0.4, 0.5) is 0 Å². The Morgan fingerprint density at radius 3 is 2.67 bits per heavy atom. The minimum absolute atomic E-state index is 0.0404. The number of hydrogen-bond donors (Lipinski definition) is 2. The van der Waals surface area contributed by atoms with Crippen molar-refractivity contribution in [2.24, 2.45) is 5.73 Å². The molecule has 0 aromatic carbocycles. The van der Waals surface area contributed by atoms with Crippen molar-refractivity contribution in [2.45, 2.75) is 70.4 Å². The van der Waals surface area contributed by atoms with Gasteiger partial charge in [0.25, 0.3) is 0 Å². The lowest BCUT2D eigenvalue weighted by molar-refractivity contribution is -0.122. The van der Waals surface area contributed by atoms with Crippen LogP contribution in [0.3, 0.4) is 0 Å². The van der Waals surface area contributed by atoms with Crippen LogP contribution in [0.15, 0.2) is 0 Å². The van der Waals surface area contributed by atoms with Gasteiger partial charge in [-0.3, -0.25) is 4.79 Å². The molecule has 88 valence electrons. The van der Waals surface area contributed by atoms with Gasteiger partial charge in [0.05, 0.1) is 0 Å². The Morgan fingerprint density at radius 1 is 1.40 bits per heavy atom. The average molecular weight is 212 g/mol. The van der Waals surface area contributed by atoms with Crippen LogP contribution in [0.2, 0.25) is 0 Å². The molecular weight excluding hydrogens is 188 g/mol. The average Bonchev–Trinajstić information content (AvgIpc) is 2.19. The first-order chi connectivity index (χ1) is 7.22. The van der Waals surface area contributed by atoms with Gasteiger partial charge in [-0.05, 0) is 19.3 Å². The van der Waals surface area contributed by atoms with Crippen LogP contribution in [-0.2, 0) is 4.79 Å². The van der Waals surface area contributed by atoms with E-state index in [0.717, 1.165) is 25.7 Å². The summed E-state index contributed by atoms with van der Waals surface area (Å²) in [7, 11) is 0. The van der Waals surface area contributed by atoms with Crippen LogP contribution < -0.4 is 11.1 Å². The second kappa shape index (κ2) is 6.83. The molecule has 1 aliphatic carbocycles. The maximum Gasteiger partial charge on any atom is 0.221 e. The molecule has 15 heavy (non-hydrogen) atoms. The van der Waals surface area contributed by atoms with Crippen LogP contribution in [0.1, 0.15) is 58.3 Å². The molecule has 0 aromatic heterocycles. The number of hydrogen-bond acceptors (Lipinski definition) is 2. The molecule has 1 amide bonds. The van der Waals surface area contributed by atoms with E-state index in [2.05, 4.69) is 12.2 Å². The zero-order valence-electron chi connectivity index (χ0n) is 9.80. The highest BCUT2D eigenvalue weighted by Crippen LogP contribution is 2.17. The highest BCUT2D eigenvalue weighted by molar-refractivity contribution is 5.76. The standard InChI is InChI=1S/C12H24N2O/c1-2-6-10(13)9-12(15)14-11-7-4-3-5-8-11/h10-11H,2-9,13H2,1H3,(H,14,15). The monoisotopic (exact) mass is 212 g/mol. The normalized spacial score (nSPS) is 19.9. The maximum atomic E-state index is 11.6. The van der Waals surface area contributed by atoms with Gasteiger partial charge in [-0.15, -0.1) is 0 Å². The van der Waals surface area contributed by atoms with Gasteiger partial charge in [-0.2, -0.15) is 0 Å². The lowest BCUT2D eigenvalue weighted by atomic mass is 9.95. The molecule has 0 spiro atoms. The quantitative estimate of drug-likeness (QED) is 0.732. The summed E-state index contributed by atoms with van der Waals surface area (Å²) in [6.07, 6.45) is 8.61. The van der Waals surface area contributed by atoms with Crippen molar-refractivity contribution in [3.63, 3.8) is 0 Å². The molecule has 3 nitrogen and oxygen atoms in total. The number of carbonyl (C=O) groups is 1. The predicted octanol–water partition coefficient (Wildman–Crippen LogP) is 1.95. The van der Waals surface area contributed by atoms with Gasteiger partial charge in [-0.1, -0.05) is 32.6 Å². The summed E-state index contributed by atoms with van der Waals surface area (Å²) >= 11 is 0. The Labute approximate surface area is 92.8 Å². The lowest BCUT2D eigenvalue weighted by Crippen LogP contribution is -2.39. The highest BCUT2D eigenvalue weighted by Gasteiger charge is 2.16. The molecule has 0 aromatic rings. The molecule has 1 rings (SSSR count). The number of nitrogens with two attached hydrogens (primary N) is 1. The summed E-state index contributed by atoms with van der Waals surface area (Å²) in [6, 6.07) is 0.457. The first kappa shape index (κ1) is 12.5. The molecule has 0 bridgehead atoms. The third kappa shape index (κ3) is 5.17. The fraction of sp³-hybridized carbons (Fsp3) is 0.917. The molecule has 1 atom stereocenters. The van der Waals surface area contributed by atoms with E-state index >= 15 is 0 Å². The number of rotatable bonds is 5. The van der Waals surface area contributed by atoms with Crippen molar-refractivity contribution >= 4 is 5.91 Å². The fourth-order valence-electron chi connectivity index (χ4n) is 2.24. The van der Waals surface area contributed by atoms with Gasteiger partial charge in [0, 0.05) is 18.5 Å². The van der Waals surface area contributed by atoms with Crippen LogP contribution in [0, 0.1) is 0 Å². The summed E-state index contributed by atoms with van der Waals surface area (Å²) in [5.41, 5.74) is 5.83. The SMILES string of the molecule is CCCC(N)CC(=O)NC1CCCCC1. The molecule has 3 heteroatoms. The molecule has 3 N–H and O–H groups in total. The van der Waals surface area contributed by atoms with Crippen molar-refractivity contribution in [1.29, 1.82) is 0 Å². The summed E-state index contributed by atoms with van der Waals surface area (Å²) < 4.78 is 0. The molecular formula is C12H24N2O. The van der Waals surface area contributed by atoms with Crippen molar-refractivity contribution in [3.05, 3.63) is 0 Å². The molecule has 1 unspecified atom stereocenters. The minimum Gasteiger partial charge on any atom is -0.353 e. The van der Waals surface area contributed by atoms with Gasteiger partial charge in [0.15, 0.2) is 0 Å². The Morgan fingerprint density at radius 2 is 2.07 bits per heavy atom. The van der Waals surface area contributed by atoms with E-state index in [1.54, 1.807) is 0 Å². The Balaban J connectivity index is 2.16. The smallest absolute Gasteiger partial charge is 0.221 e. The number of nitrogens with one attached hydrogen (secondary N) is 1. The first-order valence-electron chi connectivity index (χ1n) is 6.27. The van der Waals surface area contributed by atoms with E-state index in [-0.39, 0.29) is 11.9 Å². The topological polar surface area (TPSA) is 55.1 Å². The van der Waals surface area contributed by atoms with Crippen LogP contribution in [0.5, 0.6) is 0 Å². The molecule has 0 saturated heterocycles. The summed E-state index contributed by atoms with van der Waals surface area (Å²) in [4.78, 5) is 11.6. The van der Waals surface area contributed by atoms with Crippen LogP contribution >= 0.6 is 0 Å². The van der Waals surface area contributed by atoms with Gasteiger partial charge in [-0.25, -0.2) is 0 Å². The van der Waals surface area contributed by atoms with E-state index in [9.17, 15) is 4.79 Å². The molecule has 1 saturated carbocycles. The van der Waals surface area contributed by atoms with E-state index in [4.69, 9.17) is 5.73 Å². The number of carbonyl (C=O) groups excluding carboxylic acids is 1. The predicted molar refractivity (Wildman–Crippen MR) is 62.5 cm³/mol. The third-order valence-electron chi connectivity index (χ3n) is 3.08.